The summed E-state index contributed by atoms with van der Waals surface area (Å²) >= 11 is 0. The van der Waals surface area contributed by atoms with Gasteiger partial charge in [0.05, 0.1) is 11.9 Å². The molecule has 38 heavy (non-hydrogen) atoms. The number of aromatic amines is 1. The van der Waals surface area contributed by atoms with Gasteiger partial charge in [0.1, 0.15) is 5.82 Å². The first-order valence-corrected chi connectivity index (χ1v) is 12.6. The molecule has 11 heteroatoms. The largest absolute Gasteiger partial charge is 0.363 e. The van der Waals surface area contributed by atoms with Gasteiger partial charge in [0.25, 0.3) is 0 Å². The molecule has 1 amide bonds. The molecule has 1 aromatic carbocycles. The van der Waals surface area contributed by atoms with Crippen LogP contribution in [0, 0.1) is 5.82 Å². The Kier molecular flexibility index (Phi) is 6.94. The number of amides is 1. The average Bonchev–Trinajstić information content (AvgIpc) is 3.65. The Morgan fingerprint density at radius 3 is 2.89 bits per heavy atom. The molecular formula is C27H31FN8O2. The molecule has 198 valence electrons. The standard InChI is InChI=1S/C27H31FN8O2/c1-5-22(37)36-11-9-18(15-36)31-25-23-19(8-10-30-24(23)33-34-25)16-6-7-17(20(28)12-16)13-29-14-21-32-26(38-35-21)27(2,3)4/h5-8,10,12,18,29H,1,9,11,13-15H2,2-4H3,(H2,30,31,33,34)/t18-/m1/s1. The van der Waals surface area contributed by atoms with Gasteiger partial charge in [-0.2, -0.15) is 10.1 Å². The Morgan fingerprint density at radius 2 is 2.16 bits per heavy atom. The van der Waals surface area contributed by atoms with Gasteiger partial charge in [0, 0.05) is 42.9 Å². The van der Waals surface area contributed by atoms with E-state index in [0.29, 0.717) is 60.5 Å². The van der Waals surface area contributed by atoms with Crippen molar-refractivity contribution in [2.24, 2.45) is 0 Å². The molecule has 3 aromatic heterocycles. The topological polar surface area (TPSA) is 125 Å². The Bertz CT molecular complexity index is 1470. The molecule has 4 heterocycles. The first-order chi connectivity index (χ1) is 18.2. The fourth-order valence-corrected chi connectivity index (χ4v) is 4.49. The third-order valence-corrected chi connectivity index (χ3v) is 6.55. The summed E-state index contributed by atoms with van der Waals surface area (Å²) in [5, 5.41) is 18.7. The number of halogens is 1. The van der Waals surface area contributed by atoms with Crippen LogP contribution in [0.1, 0.15) is 44.5 Å². The monoisotopic (exact) mass is 518 g/mol. The van der Waals surface area contributed by atoms with Crippen LogP contribution in [-0.4, -0.2) is 55.3 Å². The number of hydrogen-bond donors (Lipinski definition) is 3. The second kappa shape index (κ2) is 10.3. The minimum Gasteiger partial charge on any atom is -0.363 e. The zero-order chi connectivity index (χ0) is 26.9. The van der Waals surface area contributed by atoms with Crippen molar-refractivity contribution in [3.05, 3.63) is 66.2 Å². The van der Waals surface area contributed by atoms with E-state index in [9.17, 15) is 4.79 Å². The number of aromatic nitrogens is 5. The Labute approximate surface area is 219 Å². The van der Waals surface area contributed by atoms with E-state index in [1.807, 2.05) is 32.9 Å². The maximum Gasteiger partial charge on any atom is 0.246 e. The van der Waals surface area contributed by atoms with Crippen molar-refractivity contribution in [3.63, 3.8) is 0 Å². The van der Waals surface area contributed by atoms with Gasteiger partial charge in [-0.05, 0) is 35.8 Å². The molecular weight excluding hydrogens is 487 g/mol. The van der Waals surface area contributed by atoms with Crippen molar-refractivity contribution in [2.45, 2.75) is 51.7 Å². The summed E-state index contributed by atoms with van der Waals surface area (Å²) in [6.07, 6.45) is 3.79. The van der Waals surface area contributed by atoms with Gasteiger partial charge < -0.3 is 20.1 Å². The van der Waals surface area contributed by atoms with Gasteiger partial charge in [-0.3, -0.25) is 9.89 Å². The molecule has 1 fully saturated rings. The molecule has 5 rings (SSSR count). The molecule has 0 aliphatic carbocycles. The predicted molar refractivity (Wildman–Crippen MR) is 142 cm³/mol. The van der Waals surface area contributed by atoms with Crippen LogP contribution in [0.15, 0.2) is 47.6 Å². The summed E-state index contributed by atoms with van der Waals surface area (Å²) in [5.41, 5.74) is 2.43. The number of fused-ring (bicyclic) bond motifs is 1. The highest BCUT2D eigenvalue weighted by Gasteiger charge is 2.26. The van der Waals surface area contributed by atoms with Crippen LogP contribution in [-0.2, 0) is 23.3 Å². The van der Waals surface area contributed by atoms with E-state index >= 15 is 4.39 Å². The predicted octanol–water partition coefficient (Wildman–Crippen LogP) is 3.93. The number of hydrogen-bond acceptors (Lipinski definition) is 8. The van der Waals surface area contributed by atoms with Gasteiger partial charge in [-0.1, -0.05) is 44.6 Å². The van der Waals surface area contributed by atoms with E-state index in [1.54, 1.807) is 17.2 Å². The summed E-state index contributed by atoms with van der Waals surface area (Å²) in [7, 11) is 0. The lowest BCUT2D eigenvalue weighted by Gasteiger charge is -2.15. The quantitative estimate of drug-likeness (QED) is 0.300. The molecule has 10 nitrogen and oxygen atoms in total. The number of nitrogens with zero attached hydrogens (tertiary/aromatic N) is 5. The van der Waals surface area contributed by atoms with Crippen molar-refractivity contribution >= 4 is 22.8 Å². The lowest BCUT2D eigenvalue weighted by atomic mass is 9.97. The van der Waals surface area contributed by atoms with Crippen LogP contribution in [0.25, 0.3) is 22.2 Å². The van der Waals surface area contributed by atoms with Crippen molar-refractivity contribution in [3.8, 4) is 11.1 Å². The SMILES string of the molecule is C=CC(=O)N1CC[C@@H](Nc2n[nH]c3nccc(-c4ccc(CNCc5noc(C(C)(C)C)n5)c(F)c4)c23)C1. The van der Waals surface area contributed by atoms with E-state index in [-0.39, 0.29) is 23.2 Å². The maximum atomic E-state index is 15.1. The van der Waals surface area contributed by atoms with Crippen LogP contribution < -0.4 is 10.6 Å². The zero-order valence-corrected chi connectivity index (χ0v) is 21.7. The number of rotatable bonds is 8. The molecule has 1 aliphatic heterocycles. The second-order valence-electron chi connectivity index (χ2n) is 10.4. The maximum absolute atomic E-state index is 15.1. The van der Waals surface area contributed by atoms with E-state index < -0.39 is 0 Å². The molecule has 0 saturated carbocycles. The fraction of sp³-hybridized carbons (Fsp3) is 0.370. The highest BCUT2D eigenvalue weighted by atomic mass is 19.1. The van der Waals surface area contributed by atoms with Crippen molar-refractivity contribution < 1.29 is 13.7 Å². The van der Waals surface area contributed by atoms with Gasteiger partial charge in [0.2, 0.25) is 11.8 Å². The fourth-order valence-electron chi connectivity index (χ4n) is 4.49. The zero-order valence-electron chi connectivity index (χ0n) is 21.7. The van der Waals surface area contributed by atoms with Crippen molar-refractivity contribution in [1.82, 2.24) is 35.5 Å². The Balaban J connectivity index is 1.30. The van der Waals surface area contributed by atoms with E-state index in [0.717, 1.165) is 17.4 Å². The highest BCUT2D eigenvalue weighted by molar-refractivity contribution is 6.00. The minimum atomic E-state index is -0.323. The number of likely N-dealkylation sites (tertiary alicyclic amines) is 1. The van der Waals surface area contributed by atoms with Crippen molar-refractivity contribution in [2.75, 3.05) is 18.4 Å². The van der Waals surface area contributed by atoms with Gasteiger partial charge in [-0.15, -0.1) is 0 Å². The molecule has 1 aliphatic rings. The van der Waals surface area contributed by atoms with Gasteiger partial charge in [0.15, 0.2) is 17.3 Å². The number of benzene rings is 1. The highest BCUT2D eigenvalue weighted by Crippen LogP contribution is 2.33. The average molecular weight is 519 g/mol. The molecule has 1 atom stereocenters. The molecule has 1 saturated heterocycles. The third kappa shape index (κ3) is 5.28. The molecule has 4 aromatic rings. The summed E-state index contributed by atoms with van der Waals surface area (Å²) in [5.74, 6) is 1.32. The van der Waals surface area contributed by atoms with Crippen LogP contribution in [0.5, 0.6) is 0 Å². The van der Waals surface area contributed by atoms with Crippen LogP contribution in [0.2, 0.25) is 0 Å². The van der Waals surface area contributed by atoms with E-state index in [2.05, 4.69) is 42.5 Å². The molecule has 0 spiro atoms. The van der Waals surface area contributed by atoms with Crippen molar-refractivity contribution in [1.29, 1.82) is 0 Å². The molecule has 3 N–H and O–H groups in total. The number of carbonyl (C=O) groups is 1. The number of pyridine rings is 1. The van der Waals surface area contributed by atoms with Crippen LogP contribution in [0.3, 0.4) is 0 Å². The van der Waals surface area contributed by atoms with Crippen LogP contribution in [0.4, 0.5) is 10.2 Å². The first kappa shape index (κ1) is 25.5. The summed E-state index contributed by atoms with van der Waals surface area (Å²) in [6, 6.07) is 7.07. The van der Waals surface area contributed by atoms with Crippen LogP contribution >= 0.6 is 0 Å². The molecule has 0 radical (unpaired) electrons. The minimum absolute atomic E-state index is 0.0438. The summed E-state index contributed by atoms with van der Waals surface area (Å²) < 4.78 is 20.4. The number of anilines is 1. The van der Waals surface area contributed by atoms with E-state index in [4.69, 9.17) is 4.52 Å². The lowest BCUT2D eigenvalue weighted by molar-refractivity contribution is -0.125. The molecule has 0 bridgehead atoms. The Morgan fingerprint density at radius 1 is 1.32 bits per heavy atom. The third-order valence-electron chi connectivity index (χ3n) is 6.55. The smallest absolute Gasteiger partial charge is 0.246 e. The number of carbonyl (C=O) groups excluding carboxylic acids is 1. The molecule has 0 unspecified atom stereocenters. The Hall–Kier alpha value is -4.12. The normalized spacial score (nSPS) is 15.8. The summed E-state index contributed by atoms with van der Waals surface area (Å²) in [6.45, 7) is 11.5. The van der Waals surface area contributed by atoms with E-state index in [1.165, 1.54) is 12.1 Å². The van der Waals surface area contributed by atoms with Gasteiger partial charge >= 0.3 is 0 Å². The van der Waals surface area contributed by atoms with Gasteiger partial charge in [-0.25, -0.2) is 9.37 Å². The second-order valence-corrected chi connectivity index (χ2v) is 10.4. The number of H-pyrrole nitrogens is 1. The first-order valence-electron chi connectivity index (χ1n) is 12.6. The lowest BCUT2D eigenvalue weighted by Crippen LogP contribution is -2.30. The number of nitrogens with one attached hydrogen (secondary N) is 3. The summed E-state index contributed by atoms with van der Waals surface area (Å²) in [4.78, 5) is 22.5.